The summed E-state index contributed by atoms with van der Waals surface area (Å²) in [5.74, 6) is 0.839. The van der Waals surface area contributed by atoms with Gasteiger partial charge >= 0.3 is 0 Å². The molecular weight excluding hydrogens is 452 g/mol. The Balaban J connectivity index is 1.37. The number of nitrogens with zero attached hydrogens (tertiary/aromatic N) is 4. The highest BCUT2D eigenvalue weighted by molar-refractivity contribution is 5.94. The van der Waals surface area contributed by atoms with Gasteiger partial charge in [0.2, 0.25) is 5.91 Å². The monoisotopic (exact) mass is 480 g/mol. The van der Waals surface area contributed by atoms with Crippen molar-refractivity contribution in [1.82, 2.24) is 20.1 Å². The summed E-state index contributed by atoms with van der Waals surface area (Å²) in [6.07, 6.45) is 5.82. The van der Waals surface area contributed by atoms with E-state index in [0.29, 0.717) is 23.7 Å². The number of amides is 1. The van der Waals surface area contributed by atoms with E-state index in [-0.39, 0.29) is 12.0 Å². The molecule has 0 aliphatic rings. The van der Waals surface area contributed by atoms with Crippen molar-refractivity contribution in [3.05, 3.63) is 108 Å². The van der Waals surface area contributed by atoms with Gasteiger partial charge in [-0.3, -0.25) is 9.48 Å². The maximum absolute atomic E-state index is 13.2. The zero-order valence-corrected chi connectivity index (χ0v) is 20.3. The number of aryl methyl sites for hydroxylation is 1. The lowest BCUT2D eigenvalue weighted by Gasteiger charge is -2.19. The predicted octanol–water partition coefficient (Wildman–Crippen LogP) is 4.34. The average molecular weight is 481 g/mol. The van der Waals surface area contributed by atoms with Gasteiger partial charge in [-0.25, -0.2) is 4.98 Å². The lowest BCUT2D eigenvalue weighted by Crippen LogP contribution is -2.34. The Morgan fingerprint density at radius 3 is 2.47 bits per heavy atom. The third-order valence-corrected chi connectivity index (χ3v) is 5.74. The number of carbonyl (C=O) groups excluding carboxylic acids is 1. The topological polar surface area (TPSA) is 105 Å². The van der Waals surface area contributed by atoms with Gasteiger partial charge in [0.15, 0.2) is 0 Å². The number of hydrogen-bond donors (Lipinski definition) is 2. The minimum absolute atomic E-state index is 0.177. The number of nitriles is 1. The summed E-state index contributed by atoms with van der Waals surface area (Å²) >= 11 is 0. The highest BCUT2D eigenvalue weighted by Crippen LogP contribution is 2.22. The fourth-order valence-corrected chi connectivity index (χ4v) is 3.76. The number of ether oxygens (including phenoxy) is 1. The lowest BCUT2D eigenvalue weighted by atomic mass is 10.1. The van der Waals surface area contributed by atoms with E-state index in [1.807, 2.05) is 62.6 Å². The number of aromatic nitrogens is 3. The molecule has 0 spiro atoms. The van der Waals surface area contributed by atoms with Crippen LogP contribution < -0.4 is 15.4 Å². The molecule has 0 saturated heterocycles. The Kier molecular flexibility index (Phi) is 8.06. The molecule has 0 fully saturated rings. The molecule has 2 aromatic carbocycles. The van der Waals surface area contributed by atoms with Crippen LogP contribution in [0.5, 0.6) is 5.75 Å². The molecule has 1 amide bonds. The van der Waals surface area contributed by atoms with Gasteiger partial charge in [-0.05, 0) is 48.7 Å². The van der Waals surface area contributed by atoms with E-state index >= 15 is 0 Å². The van der Waals surface area contributed by atoms with E-state index in [2.05, 4.69) is 26.8 Å². The van der Waals surface area contributed by atoms with Gasteiger partial charge < -0.3 is 15.4 Å². The Bertz CT molecular complexity index is 1310. The van der Waals surface area contributed by atoms with Crippen LogP contribution in [0.2, 0.25) is 0 Å². The Labute approximate surface area is 210 Å². The van der Waals surface area contributed by atoms with Crippen LogP contribution in [0.25, 0.3) is 0 Å². The highest BCUT2D eigenvalue weighted by Gasteiger charge is 2.20. The van der Waals surface area contributed by atoms with Crippen molar-refractivity contribution >= 4 is 11.7 Å². The standard InChI is InChI=1S/C28H28N6O2/c1-20(24-17-32-34(2)19-24)36-25-12-13-26(31-18-25)33-28(35)27(23-6-4-3-5-7-23)30-15-14-21-8-10-22(16-29)11-9-21/h3-13,17-20,27,30H,14-15H2,1-2H3,(H,31,33,35)/t20?,27-/m0/s1. The second-order valence-corrected chi connectivity index (χ2v) is 8.43. The minimum atomic E-state index is -0.548. The zero-order chi connectivity index (χ0) is 25.3. The summed E-state index contributed by atoms with van der Waals surface area (Å²) in [7, 11) is 1.86. The third kappa shape index (κ3) is 6.56. The van der Waals surface area contributed by atoms with Crippen LogP contribution >= 0.6 is 0 Å². The van der Waals surface area contributed by atoms with Crippen molar-refractivity contribution in [2.24, 2.45) is 7.05 Å². The van der Waals surface area contributed by atoms with Gasteiger partial charge in [-0.2, -0.15) is 10.4 Å². The molecule has 8 heteroatoms. The van der Waals surface area contributed by atoms with Crippen molar-refractivity contribution in [2.45, 2.75) is 25.5 Å². The van der Waals surface area contributed by atoms with Crippen LogP contribution in [0.1, 0.15) is 41.3 Å². The molecule has 36 heavy (non-hydrogen) atoms. The number of nitrogens with one attached hydrogen (secondary N) is 2. The summed E-state index contributed by atoms with van der Waals surface area (Å²) in [6.45, 7) is 2.53. The first-order chi connectivity index (χ1) is 17.5. The quantitative estimate of drug-likeness (QED) is 0.350. The van der Waals surface area contributed by atoms with Crippen molar-refractivity contribution in [1.29, 1.82) is 5.26 Å². The average Bonchev–Trinajstić information content (AvgIpc) is 3.35. The molecule has 2 atom stereocenters. The summed E-state index contributed by atoms with van der Waals surface area (Å²) < 4.78 is 7.67. The van der Waals surface area contributed by atoms with Gasteiger partial charge in [0.1, 0.15) is 23.7 Å². The molecule has 8 nitrogen and oxygen atoms in total. The molecule has 182 valence electrons. The molecular formula is C28H28N6O2. The van der Waals surface area contributed by atoms with Gasteiger partial charge in [0, 0.05) is 25.4 Å². The largest absolute Gasteiger partial charge is 0.484 e. The second kappa shape index (κ2) is 11.8. The molecule has 0 saturated carbocycles. The molecule has 2 N–H and O–H groups in total. The van der Waals surface area contributed by atoms with Crippen molar-refractivity contribution in [3.8, 4) is 11.8 Å². The van der Waals surface area contributed by atoms with E-state index < -0.39 is 6.04 Å². The highest BCUT2D eigenvalue weighted by atomic mass is 16.5. The number of rotatable bonds is 10. The van der Waals surface area contributed by atoms with E-state index in [1.54, 1.807) is 41.3 Å². The summed E-state index contributed by atoms with van der Waals surface area (Å²) in [6, 6.07) is 22.1. The van der Waals surface area contributed by atoms with Gasteiger partial charge in [0.05, 0.1) is 24.0 Å². The number of hydrogen-bond acceptors (Lipinski definition) is 6. The number of benzene rings is 2. The van der Waals surface area contributed by atoms with E-state index in [9.17, 15) is 4.79 Å². The van der Waals surface area contributed by atoms with Crippen LogP contribution in [0.15, 0.2) is 85.3 Å². The van der Waals surface area contributed by atoms with E-state index in [1.165, 1.54) is 0 Å². The van der Waals surface area contributed by atoms with E-state index in [4.69, 9.17) is 10.00 Å². The van der Waals surface area contributed by atoms with Crippen LogP contribution in [-0.4, -0.2) is 27.2 Å². The lowest BCUT2D eigenvalue weighted by molar-refractivity contribution is -0.118. The summed E-state index contributed by atoms with van der Waals surface area (Å²) in [4.78, 5) is 17.6. The van der Waals surface area contributed by atoms with E-state index in [0.717, 1.165) is 23.1 Å². The zero-order valence-electron chi connectivity index (χ0n) is 20.3. The van der Waals surface area contributed by atoms with Gasteiger partial charge in [-0.15, -0.1) is 0 Å². The molecule has 2 heterocycles. The van der Waals surface area contributed by atoms with Crippen molar-refractivity contribution in [2.75, 3.05) is 11.9 Å². The Morgan fingerprint density at radius 2 is 1.83 bits per heavy atom. The minimum Gasteiger partial charge on any atom is -0.484 e. The summed E-state index contributed by atoms with van der Waals surface area (Å²) in [5.41, 5.74) is 3.54. The first-order valence-corrected chi connectivity index (χ1v) is 11.7. The van der Waals surface area contributed by atoms with Crippen LogP contribution in [0.3, 0.4) is 0 Å². The molecule has 0 radical (unpaired) electrons. The van der Waals surface area contributed by atoms with Crippen molar-refractivity contribution in [3.63, 3.8) is 0 Å². The van der Waals surface area contributed by atoms with Gasteiger partial charge in [-0.1, -0.05) is 42.5 Å². The molecule has 0 bridgehead atoms. The van der Waals surface area contributed by atoms with Crippen LogP contribution in [0, 0.1) is 11.3 Å². The Hall–Kier alpha value is -4.48. The maximum atomic E-state index is 13.2. The molecule has 4 rings (SSSR count). The number of anilines is 1. The molecule has 2 aromatic heterocycles. The molecule has 0 aliphatic heterocycles. The van der Waals surface area contributed by atoms with Gasteiger partial charge in [0.25, 0.3) is 0 Å². The first-order valence-electron chi connectivity index (χ1n) is 11.7. The predicted molar refractivity (Wildman–Crippen MR) is 137 cm³/mol. The molecule has 0 aliphatic carbocycles. The van der Waals surface area contributed by atoms with Crippen LogP contribution in [0.4, 0.5) is 5.82 Å². The molecule has 4 aromatic rings. The number of pyridine rings is 1. The molecule has 1 unspecified atom stereocenters. The Morgan fingerprint density at radius 1 is 1.06 bits per heavy atom. The normalized spacial score (nSPS) is 12.4. The second-order valence-electron chi connectivity index (χ2n) is 8.43. The number of carbonyl (C=O) groups is 1. The SMILES string of the molecule is CC(Oc1ccc(NC(=O)[C@@H](NCCc2ccc(C#N)cc2)c2ccccc2)nc1)c1cnn(C)c1. The fraction of sp³-hybridized carbons (Fsp3) is 0.214. The fourth-order valence-electron chi connectivity index (χ4n) is 3.76. The van der Waals surface area contributed by atoms with Crippen molar-refractivity contribution < 1.29 is 9.53 Å². The third-order valence-electron chi connectivity index (χ3n) is 5.74. The van der Waals surface area contributed by atoms with Crippen LogP contribution in [-0.2, 0) is 18.3 Å². The maximum Gasteiger partial charge on any atom is 0.247 e. The smallest absolute Gasteiger partial charge is 0.247 e. The summed E-state index contributed by atoms with van der Waals surface area (Å²) in [5, 5.41) is 19.4. The first kappa shape index (κ1) is 24.6.